The lowest BCUT2D eigenvalue weighted by atomic mass is 9.72. The molecule has 35 heavy (non-hydrogen) atoms. The lowest BCUT2D eigenvalue weighted by molar-refractivity contribution is -0.159. The fraction of sp³-hybridized carbons (Fsp3) is 0.519. The van der Waals surface area contributed by atoms with E-state index in [-0.39, 0.29) is 36.1 Å². The Bertz CT molecular complexity index is 1050. The van der Waals surface area contributed by atoms with Crippen LogP contribution in [-0.4, -0.2) is 52.5 Å². The molecule has 0 bridgehead atoms. The van der Waals surface area contributed by atoms with Crippen molar-refractivity contribution in [3.63, 3.8) is 0 Å². The van der Waals surface area contributed by atoms with Gasteiger partial charge in [-0.1, -0.05) is 25.1 Å². The molecule has 2 aliphatic heterocycles. The smallest absolute Gasteiger partial charge is 0.228 e. The van der Waals surface area contributed by atoms with E-state index < -0.39 is 35.1 Å². The van der Waals surface area contributed by atoms with Crippen molar-refractivity contribution in [3.8, 4) is 0 Å². The Kier molecular flexibility index (Phi) is 8.24. The lowest BCUT2D eigenvalue weighted by Gasteiger charge is -2.50. The first kappa shape index (κ1) is 27.5. The molecular formula is C27H34ClF3N2O2. The predicted octanol–water partition coefficient (Wildman–Crippen LogP) is 5.09. The van der Waals surface area contributed by atoms with Crippen LogP contribution in [0.25, 0.3) is 0 Å². The summed E-state index contributed by atoms with van der Waals surface area (Å²) in [5.41, 5.74) is -0.424. The van der Waals surface area contributed by atoms with Crippen LogP contribution in [0.2, 0.25) is 0 Å². The number of benzene rings is 2. The van der Waals surface area contributed by atoms with Crippen molar-refractivity contribution in [3.05, 3.63) is 71.0 Å². The summed E-state index contributed by atoms with van der Waals surface area (Å²) in [6, 6.07) is 8.93. The number of rotatable bonds is 4. The Morgan fingerprint density at radius 1 is 1.03 bits per heavy atom. The molecule has 2 aromatic rings. The molecule has 4 nitrogen and oxygen atoms in total. The van der Waals surface area contributed by atoms with Gasteiger partial charge in [0.2, 0.25) is 5.91 Å². The summed E-state index contributed by atoms with van der Waals surface area (Å²) in [5, 5.41) is 11.8. The molecule has 0 aromatic heterocycles. The molecule has 8 heteroatoms. The highest BCUT2D eigenvalue weighted by atomic mass is 35.5. The van der Waals surface area contributed by atoms with E-state index in [4.69, 9.17) is 0 Å². The summed E-state index contributed by atoms with van der Waals surface area (Å²) in [7, 11) is 0. The van der Waals surface area contributed by atoms with Crippen LogP contribution in [0.4, 0.5) is 13.2 Å². The monoisotopic (exact) mass is 510 g/mol. The molecular weight excluding hydrogens is 477 g/mol. The van der Waals surface area contributed by atoms with E-state index in [1.807, 2.05) is 27.7 Å². The third kappa shape index (κ3) is 4.95. The van der Waals surface area contributed by atoms with Gasteiger partial charge in [0.05, 0.1) is 12.0 Å². The molecule has 0 aliphatic carbocycles. The van der Waals surface area contributed by atoms with E-state index in [1.54, 1.807) is 17.0 Å². The average Bonchev–Trinajstić information content (AvgIpc) is 3.23. The van der Waals surface area contributed by atoms with E-state index in [2.05, 4.69) is 4.90 Å². The Morgan fingerprint density at radius 3 is 2.26 bits per heavy atom. The largest absolute Gasteiger partial charge is 0.383 e. The van der Waals surface area contributed by atoms with Crippen molar-refractivity contribution < 1.29 is 23.1 Å². The van der Waals surface area contributed by atoms with Gasteiger partial charge in [-0.05, 0) is 62.4 Å². The van der Waals surface area contributed by atoms with Gasteiger partial charge in [0.1, 0.15) is 23.1 Å². The average molecular weight is 511 g/mol. The molecule has 1 N–H and O–H groups in total. The van der Waals surface area contributed by atoms with Crippen molar-refractivity contribution in [2.45, 2.75) is 57.7 Å². The molecule has 0 radical (unpaired) electrons. The first-order valence-electron chi connectivity index (χ1n) is 12.0. The number of amides is 1. The molecule has 2 aromatic carbocycles. The van der Waals surface area contributed by atoms with Crippen LogP contribution in [0.3, 0.4) is 0 Å². The van der Waals surface area contributed by atoms with Gasteiger partial charge in [-0.25, -0.2) is 13.2 Å². The summed E-state index contributed by atoms with van der Waals surface area (Å²) in [5.74, 6) is -2.89. The van der Waals surface area contributed by atoms with Crippen molar-refractivity contribution in [1.82, 2.24) is 9.80 Å². The number of carbonyl (C=O) groups excluding carboxylic acids is 1. The zero-order chi connectivity index (χ0) is 24.8. The van der Waals surface area contributed by atoms with Crippen molar-refractivity contribution in [2.75, 3.05) is 19.6 Å². The van der Waals surface area contributed by atoms with E-state index in [0.29, 0.717) is 37.2 Å². The number of piperidine rings is 1. The van der Waals surface area contributed by atoms with E-state index in [1.165, 1.54) is 24.3 Å². The highest BCUT2D eigenvalue weighted by Gasteiger charge is 2.51. The number of hydrogen-bond donors (Lipinski definition) is 1. The highest BCUT2D eigenvalue weighted by molar-refractivity contribution is 5.85. The third-order valence-corrected chi connectivity index (χ3v) is 8.01. The summed E-state index contributed by atoms with van der Waals surface area (Å²) in [6.07, 6.45) is 0.583. The van der Waals surface area contributed by atoms with Crippen molar-refractivity contribution >= 4 is 18.3 Å². The minimum Gasteiger partial charge on any atom is -0.383 e. The van der Waals surface area contributed by atoms with Crippen LogP contribution in [0.1, 0.15) is 51.2 Å². The fourth-order valence-electron chi connectivity index (χ4n) is 5.78. The first-order valence-corrected chi connectivity index (χ1v) is 12.0. The zero-order valence-corrected chi connectivity index (χ0v) is 21.4. The summed E-state index contributed by atoms with van der Waals surface area (Å²) < 4.78 is 41.9. The second kappa shape index (κ2) is 10.5. The van der Waals surface area contributed by atoms with Gasteiger partial charge in [-0.3, -0.25) is 9.69 Å². The van der Waals surface area contributed by atoms with Crippen LogP contribution in [0.5, 0.6) is 0 Å². The van der Waals surface area contributed by atoms with Gasteiger partial charge in [-0.2, -0.15) is 0 Å². The molecule has 2 fully saturated rings. The molecule has 4 rings (SSSR count). The fourth-order valence-corrected chi connectivity index (χ4v) is 5.78. The normalized spacial score (nSPS) is 29.3. The van der Waals surface area contributed by atoms with E-state index in [9.17, 15) is 23.1 Å². The molecule has 0 spiro atoms. The van der Waals surface area contributed by atoms with Gasteiger partial charge in [0.25, 0.3) is 0 Å². The summed E-state index contributed by atoms with van der Waals surface area (Å²) >= 11 is 0. The van der Waals surface area contributed by atoms with Crippen LogP contribution in [0.15, 0.2) is 42.5 Å². The molecule has 0 unspecified atom stereocenters. The topological polar surface area (TPSA) is 43.8 Å². The van der Waals surface area contributed by atoms with Crippen molar-refractivity contribution in [1.29, 1.82) is 0 Å². The molecule has 192 valence electrons. The van der Waals surface area contributed by atoms with Crippen LogP contribution in [0, 0.1) is 29.3 Å². The number of carbonyl (C=O) groups is 1. The Labute approximate surface area is 211 Å². The highest BCUT2D eigenvalue weighted by Crippen LogP contribution is 2.43. The second-order valence-corrected chi connectivity index (χ2v) is 10.2. The minimum atomic E-state index is -1.34. The Hall–Kier alpha value is -2.09. The van der Waals surface area contributed by atoms with Gasteiger partial charge >= 0.3 is 0 Å². The molecule has 5 atom stereocenters. The number of hydrogen-bond acceptors (Lipinski definition) is 3. The quantitative estimate of drug-likeness (QED) is 0.623. The Morgan fingerprint density at radius 2 is 1.66 bits per heavy atom. The molecule has 1 amide bonds. The molecule has 2 saturated heterocycles. The summed E-state index contributed by atoms with van der Waals surface area (Å²) in [6.45, 7) is 9.26. The minimum absolute atomic E-state index is 0. The molecule has 2 aliphatic rings. The predicted molar refractivity (Wildman–Crippen MR) is 132 cm³/mol. The van der Waals surface area contributed by atoms with Crippen LogP contribution < -0.4 is 0 Å². The summed E-state index contributed by atoms with van der Waals surface area (Å²) in [4.78, 5) is 17.8. The van der Waals surface area contributed by atoms with Gasteiger partial charge in [0, 0.05) is 37.7 Å². The molecule has 0 saturated carbocycles. The first-order chi connectivity index (χ1) is 16.0. The zero-order valence-electron chi connectivity index (χ0n) is 20.5. The number of nitrogens with zero attached hydrogens (tertiary/aromatic N) is 2. The molecule has 2 heterocycles. The maximum absolute atomic E-state index is 14.8. The van der Waals surface area contributed by atoms with Gasteiger partial charge in [-0.15, -0.1) is 12.4 Å². The standard InChI is InChI=1S/C27H33F3N2O2.ClH/c1-16(2)31-14-23(22-10-9-21(29)13-25(22)30)24(15-31)26(33)32-12-11-17(3)27(34,18(32)4)19-5-7-20(28)8-6-19;/h5-10,13,16-18,23-24,34H,11-12,14-15H2,1-4H3;1H/t17-,18-,23-,24+,27-;/m0./s1. The SMILES string of the molecule is CC(C)N1C[C@@H](C(=O)N2CC[C@H](C)[C@@](O)(c3ccc(F)cc3)[C@@H]2C)[C@H](c2ccc(F)cc2F)C1.Cl. The maximum atomic E-state index is 14.8. The van der Waals surface area contributed by atoms with Gasteiger partial charge < -0.3 is 10.0 Å². The number of likely N-dealkylation sites (tertiary alicyclic amines) is 2. The van der Waals surface area contributed by atoms with Gasteiger partial charge in [0.15, 0.2) is 0 Å². The Balaban J connectivity index is 0.00000342. The lowest BCUT2D eigenvalue weighted by Crippen LogP contribution is -2.60. The number of aliphatic hydroxyl groups is 1. The second-order valence-electron chi connectivity index (χ2n) is 10.2. The van der Waals surface area contributed by atoms with E-state index in [0.717, 1.165) is 6.07 Å². The van der Waals surface area contributed by atoms with E-state index >= 15 is 0 Å². The van der Waals surface area contributed by atoms with Crippen molar-refractivity contribution in [2.24, 2.45) is 11.8 Å². The third-order valence-electron chi connectivity index (χ3n) is 8.01. The number of halogens is 4. The maximum Gasteiger partial charge on any atom is 0.228 e. The van der Waals surface area contributed by atoms with Crippen LogP contribution in [-0.2, 0) is 10.4 Å². The van der Waals surface area contributed by atoms with Crippen LogP contribution >= 0.6 is 12.4 Å².